The Morgan fingerprint density at radius 3 is 2.47 bits per heavy atom. The number of carbonyl (C=O) groups excluding carboxylic acids is 1. The van der Waals surface area contributed by atoms with E-state index in [-0.39, 0.29) is 11.1 Å². The van der Waals surface area contributed by atoms with Gasteiger partial charge >= 0.3 is 5.97 Å². The number of esters is 1. The molecule has 158 valence electrons. The van der Waals surface area contributed by atoms with E-state index in [0.717, 1.165) is 19.6 Å². The number of benzene rings is 1. The first kappa shape index (κ1) is 21.9. The maximum Gasteiger partial charge on any atom is 0.339 e. The highest BCUT2D eigenvalue weighted by molar-refractivity contribution is 7.71. The first-order chi connectivity index (χ1) is 14.4. The minimum Gasteiger partial charge on any atom is -0.465 e. The Hall–Kier alpha value is -2.84. The summed E-state index contributed by atoms with van der Waals surface area (Å²) >= 11 is 5.74. The van der Waals surface area contributed by atoms with Crippen LogP contribution < -0.4 is 5.56 Å². The molecule has 0 aliphatic heterocycles. The second-order valence-electron chi connectivity index (χ2n) is 6.92. The number of rotatable bonds is 7. The molecule has 0 N–H and O–H groups in total. The molecular weight excluding hydrogens is 400 g/mol. The summed E-state index contributed by atoms with van der Waals surface area (Å²) < 4.78 is 8.62. The molecule has 0 aliphatic carbocycles. The highest BCUT2D eigenvalue weighted by atomic mass is 32.1. The van der Waals surface area contributed by atoms with Gasteiger partial charge in [0.25, 0.3) is 5.56 Å². The third-order valence-electron chi connectivity index (χ3n) is 5.26. The van der Waals surface area contributed by atoms with Gasteiger partial charge in [0.05, 0.1) is 29.4 Å². The molecule has 0 amide bonds. The highest BCUT2D eigenvalue weighted by Gasteiger charge is 2.19. The average molecular weight is 427 g/mol. The summed E-state index contributed by atoms with van der Waals surface area (Å²) in [5.41, 5.74) is 1.62. The van der Waals surface area contributed by atoms with Crippen LogP contribution in [0.4, 0.5) is 0 Å². The summed E-state index contributed by atoms with van der Waals surface area (Å²) in [7, 11) is 1.31. The van der Waals surface area contributed by atoms with Crippen LogP contribution in [0, 0.1) is 11.7 Å². The predicted octanol–water partition coefficient (Wildman–Crippen LogP) is 3.35. The number of carbonyl (C=O) groups is 1. The van der Waals surface area contributed by atoms with Crippen molar-refractivity contribution in [1.29, 1.82) is 0 Å². The lowest BCUT2D eigenvalue weighted by atomic mass is 10.1. The van der Waals surface area contributed by atoms with Crippen molar-refractivity contribution >= 4 is 29.2 Å². The van der Waals surface area contributed by atoms with Crippen molar-refractivity contribution in [1.82, 2.24) is 19.0 Å². The zero-order chi connectivity index (χ0) is 21.8. The molecule has 0 radical (unpaired) electrons. The Morgan fingerprint density at radius 1 is 1.20 bits per heavy atom. The highest BCUT2D eigenvalue weighted by Crippen LogP contribution is 2.18. The SMILES string of the molecule is CCN(CC)CCn1c(=S)n(-c2ccccc2)c(=O)c2cc(C(=O)OC)c(C)nc21. The van der Waals surface area contributed by atoms with Gasteiger partial charge in [0.1, 0.15) is 5.65 Å². The Bertz CT molecular complexity index is 1180. The van der Waals surface area contributed by atoms with Crippen LogP contribution in [0.25, 0.3) is 16.7 Å². The van der Waals surface area contributed by atoms with Crippen LogP contribution >= 0.6 is 12.2 Å². The van der Waals surface area contributed by atoms with Crippen LogP contribution in [-0.2, 0) is 11.3 Å². The molecule has 2 heterocycles. The number of para-hydroxylation sites is 1. The van der Waals surface area contributed by atoms with Crippen molar-refractivity contribution in [2.75, 3.05) is 26.7 Å². The van der Waals surface area contributed by atoms with Gasteiger partial charge in [-0.15, -0.1) is 0 Å². The first-order valence-electron chi connectivity index (χ1n) is 9.96. The summed E-state index contributed by atoms with van der Waals surface area (Å²) in [6.07, 6.45) is 0. The maximum atomic E-state index is 13.4. The molecule has 3 aromatic rings. The third kappa shape index (κ3) is 4.06. The number of fused-ring (bicyclic) bond motifs is 1. The molecule has 30 heavy (non-hydrogen) atoms. The Morgan fingerprint density at radius 2 is 1.87 bits per heavy atom. The van der Waals surface area contributed by atoms with E-state index < -0.39 is 5.97 Å². The van der Waals surface area contributed by atoms with Gasteiger partial charge in [-0.05, 0) is 50.4 Å². The molecule has 3 rings (SSSR count). The standard InChI is InChI=1S/C22H26N4O3S/c1-5-24(6-2)12-13-25-19-18(14-17(15(3)23-19)21(28)29-4)20(27)26(22(25)30)16-10-8-7-9-11-16/h7-11,14H,5-6,12-13H2,1-4H3. The number of pyridine rings is 1. The van der Waals surface area contributed by atoms with E-state index in [9.17, 15) is 9.59 Å². The predicted molar refractivity (Wildman–Crippen MR) is 120 cm³/mol. The molecule has 0 fully saturated rings. The van der Waals surface area contributed by atoms with E-state index in [1.54, 1.807) is 13.0 Å². The smallest absolute Gasteiger partial charge is 0.339 e. The fraction of sp³-hybridized carbons (Fsp3) is 0.364. The lowest BCUT2D eigenvalue weighted by Crippen LogP contribution is -2.30. The molecule has 8 heteroatoms. The number of aromatic nitrogens is 3. The van der Waals surface area contributed by atoms with Gasteiger partial charge in [0.15, 0.2) is 4.77 Å². The fourth-order valence-corrected chi connectivity index (χ4v) is 3.84. The van der Waals surface area contributed by atoms with Crippen molar-refractivity contribution in [3.63, 3.8) is 0 Å². The number of hydrogen-bond donors (Lipinski definition) is 0. The van der Waals surface area contributed by atoms with Crippen LogP contribution in [0.1, 0.15) is 29.9 Å². The number of hydrogen-bond acceptors (Lipinski definition) is 6. The Kier molecular flexibility index (Phi) is 6.79. The molecule has 0 spiro atoms. The number of nitrogens with zero attached hydrogens (tertiary/aromatic N) is 4. The molecule has 2 aromatic heterocycles. The molecule has 0 atom stereocenters. The first-order valence-corrected chi connectivity index (χ1v) is 10.4. The van der Waals surface area contributed by atoms with Crippen molar-refractivity contribution < 1.29 is 9.53 Å². The van der Waals surface area contributed by atoms with Crippen LogP contribution in [0.5, 0.6) is 0 Å². The third-order valence-corrected chi connectivity index (χ3v) is 5.66. The molecule has 1 aromatic carbocycles. The zero-order valence-corrected chi connectivity index (χ0v) is 18.5. The lowest BCUT2D eigenvalue weighted by molar-refractivity contribution is 0.0599. The minimum atomic E-state index is -0.523. The molecule has 7 nitrogen and oxygen atoms in total. The summed E-state index contributed by atoms with van der Waals surface area (Å²) in [5, 5.41) is 0.331. The van der Waals surface area contributed by atoms with Gasteiger partial charge < -0.3 is 14.2 Å². The van der Waals surface area contributed by atoms with Gasteiger partial charge in [-0.3, -0.25) is 9.36 Å². The molecular formula is C22H26N4O3S. The molecule has 0 aliphatic rings. The van der Waals surface area contributed by atoms with Crippen LogP contribution in [0.2, 0.25) is 0 Å². The number of likely N-dealkylation sites (N-methyl/N-ethyl adjacent to an activating group) is 1. The summed E-state index contributed by atoms with van der Waals surface area (Å²) in [4.78, 5) is 32.5. The average Bonchev–Trinajstić information content (AvgIpc) is 2.76. The lowest BCUT2D eigenvalue weighted by Gasteiger charge is -2.21. The monoisotopic (exact) mass is 426 g/mol. The van der Waals surface area contributed by atoms with E-state index in [2.05, 4.69) is 23.7 Å². The van der Waals surface area contributed by atoms with E-state index in [4.69, 9.17) is 17.0 Å². The summed E-state index contributed by atoms with van der Waals surface area (Å²) in [5.74, 6) is -0.523. The van der Waals surface area contributed by atoms with Gasteiger partial charge in [0.2, 0.25) is 0 Å². The van der Waals surface area contributed by atoms with Crippen LogP contribution in [-0.4, -0.2) is 51.7 Å². The topological polar surface area (TPSA) is 69.4 Å². The minimum absolute atomic E-state index is 0.272. The van der Waals surface area contributed by atoms with E-state index in [1.165, 1.54) is 11.7 Å². The molecule has 0 saturated heterocycles. The van der Waals surface area contributed by atoms with Gasteiger partial charge in [-0.25, -0.2) is 9.78 Å². The van der Waals surface area contributed by atoms with E-state index in [1.807, 2.05) is 34.9 Å². The maximum absolute atomic E-state index is 13.4. The summed E-state index contributed by atoms with van der Waals surface area (Å²) in [6.45, 7) is 9.12. The van der Waals surface area contributed by atoms with Crippen LogP contribution in [0.3, 0.4) is 0 Å². The molecule has 0 unspecified atom stereocenters. The van der Waals surface area contributed by atoms with Crippen LogP contribution in [0.15, 0.2) is 41.2 Å². The molecule has 0 bridgehead atoms. The van der Waals surface area contributed by atoms with Gasteiger partial charge in [0, 0.05) is 13.1 Å². The van der Waals surface area contributed by atoms with E-state index in [0.29, 0.717) is 33.7 Å². The normalized spacial score (nSPS) is 11.2. The number of methoxy groups -OCH3 is 1. The summed E-state index contributed by atoms with van der Waals surface area (Å²) in [6, 6.07) is 10.8. The fourth-order valence-electron chi connectivity index (χ4n) is 3.48. The molecule has 0 saturated carbocycles. The zero-order valence-electron chi connectivity index (χ0n) is 17.7. The second kappa shape index (κ2) is 9.32. The van der Waals surface area contributed by atoms with Gasteiger partial charge in [-0.1, -0.05) is 32.0 Å². The quantitative estimate of drug-likeness (QED) is 0.426. The Balaban J connectivity index is 2.33. The Labute approximate surface area is 180 Å². The van der Waals surface area contributed by atoms with Crippen molar-refractivity contribution in [3.8, 4) is 5.69 Å². The number of aryl methyl sites for hydroxylation is 1. The van der Waals surface area contributed by atoms with Crippen molar-refractivity contribution in [2.45, 2.75) is 27.3 Å². The number of ether oxygens (including phenoxy) is 1. The largest absolute Gasteiger partial charge is 0.465 e. The van der Waals surface area contributed by atoms with Crippen molar-refractivity contribution in [2.24, 2.45) is 0 Å². The van der Waals surface area contributed by atoms with Crippen molar-refractivity contribution in [3.05, 3.63) is 62.8 Å². The van der Waals surface area contributed by atoms with E-state index >= 15 is 0 Å². The van der Waals surface area contributed by atoms with Gasteiger partial charge in [-0.2, -0.15) is 0 Å². The second-order valence-corrected chi connectivity index (χ2v) is 7.29.